The van der Waals surface area contributed by atoms with Crippen molar-refractivity contribution in [3.8, 4) is 0 Å². The number of piperidine rings is 1. The van der Waals surface area contributed by atoms with Gasteiger partial charge in [0.25, 0.3) is 0 Å². The van der Waals surface area contributed by atoms with E-state index in [1.807, 2.05) is 23.1 Å². The molecule has 2 heterocycles. The van der Waals surface area contributed by atoms with E-state index in [1.54, 1.807) is 13.2 Å². The van der Waals surface area contributed by atoms with Gasteiger partial charge in [0, 0.05) is 51.7 Å². The van der Waals surface area contributed by atoms with Crippen molar-refractivity contribution in [2.75, 3.05) is 26.8 Å². The molecule has 1 fully saturated rings. The number of amides is 1. The predicted octanol–water partition coefficient (Wildman–Crippen LogP) is 3.69. The molecule has 4 rings (SSSR count). The topological polar surface area (TPSA) is 134 Å². The third-order valence-corrected chi connectivity index (χ3v) is 8.85. The average molecular weight is 583 g/mol. The first kappa shape index (κ1) is 28.8. The minimum Gasteiger partial charge on any atom is -0.385 e. The normalized spacial score (nSPS) is 17.2. The Morgan fingerprint density at radius 1 is 1.24 bits per heavy atom. The van der Waals surface area contributed by atoms with Crippen LogP contribution < -0.4 is 10.9 Å². The standard InChI is InChI=1S/C26H33Cl2N5O4S/c1-37-13-5-12-33-22-8-3-2-7-21(22)31-26(33)18-6-4-11-32(16-18)23(34)15-19(29)14-17-9-10-20(27)25(24(17)28)38(30,35)36/h2-3,7-10,18-19H,4-6,11-16,29H2,1H3,(H2,30,35,36)/t18-,19+/m1/s1. The van der Waals surface area contributed by atoms with E-state index in [2.05, 4.69) is 10.6 Å². The van der Waals surface area contributed by atoms with Gasteiger partial charge >= 0.3 is 0 Å². The van der Waals surface area contributed by atoms with Crippen molar-refractivity contribution in [3.63, 3.8) is 0 Å². The van der Waals surface area contributed by atoms with Crippen LogP contribution in [0.15, 0.2) is 41.3 Å². The van der Waals surface area contributed by atoms with Crippen LogP contribution in [-0.4, -0.2) is 61.6 Å². The second-order valence-electron chi connectivity index (χ2n) is 9.70. The van der Waals surface area contributed by atoms with Gasteiger partial charge in [-0.15, -0.1) is 0 Å². The molecule has 4 N–H and O–H groups in total. The first-order chi connectivity index (χ1) is 18.1. The van der Waals surface area contributed by atoms with Crippen LogP contribution in [0.5, 0.6) is 0 Å². The summed E-state index contributed by atoms with van der Waals surface area (Å²) in [7, 11) is -2.41. The summed E-state index contributed by atoms with van der Waals surface area (Å²) in [5.74, 6) is 1.05. The molecule has 3 aromatic rings. The van der Waals surface area contributed by atoms with Crippen LogP contribution in [0.2, 0.25) is 10.0 Å². The summed E-state index contributed by atoms with van der Waals surface area (Å²) in [5.41, 5.74) is 8.83. The number of para-hydroxylation sites is 2. The maximum absolute atomic E-state index is 13.2. The van der Waals surface area contributed by atoms with Crippen molar-refractivity contribution in [1.29, 1.82) is 0 Å². The van der Waals surface area contributed by atoms with E-state index in [1.165, 1.54) is 6.07 Å². The third kappa shape index (κ3) is 6.50. The van der Waals surface area contributed by atoms with Crippen LogP contribution in [0.4, 0.5) is 0 Å². The monoisotopic (exact) mass is 581 g/mol. The SMILES string of the molecule is COCCCn1c([C@@H]2CCCN(C(=O)C[C@@H](N)Cc3ccc(Cl)c(S(N)(=O)=O)c3Cl)C2)nc2ccccc21. The van der Waals surface area contributed by atoms with Crippen LogP contribution in [0.1, 0.15) is 43.0 Å². The van der Waals surface area contributed by atoms with E-state index < -0.39 is 16.1 Å². The molecule has 38 heavy (non-hydrogen) atoms. The van der Waals surface area contributed by atoms with Crippen LogP contribution in [-0.2, 0) is 32.5 Å². The van der Waals surface area contributed by atoms with Crippen molar-refractivity contribution in [1.82, 2.24) is 14.5 Å². The van der Waals surface area contributed by atoms with Gasteiger partial charge in [0.1, 0.15) is 10.7 Å². The van der Waals surface area contributed by atoms with Gasteiger partial charge in [0.2, 0.25) is 15.9 Å². The van der Waals surface area contributed by atoms with E-state index in [0.29, 0.717) is 25.3 Å². The van der Waals surface area contributed by atoms with Crippen molar-refractivity contribution >= 4 is 50.2 Å². The Morgan fingerprint density at radius 2 is 2.00 bits per heavy atom. The zero-order chi connectivity index (χ0) is 27.4. The van der Waals surface area contributed by atoms with E-state index >= 15 is 0 Å². The number of likely N-dealkylation sites (tertiary alicyclic amines) is 1. The molecule has 1 aliphatic heterocycles. The number of hydrogen-bond donors (Lipinski definition) is 2. The molecule has 1 amide bonds. The molecule has 9 nitrogen and oxygen atoms in total. The van der Waals surface area contributed by atoms with Gasteiger partial charge in [-0.2, -0.15) is 0 Å². The highest BCUT2D eigenvalue weighted by Crippen LogP contribution is 2.33. The van der Waals surface area contributed by atoms with E-state index in [9.17, 15) is 13.2 Å². The minimum absolute atomic E-state index is 0.0546. The third-order valence-electron chi connectivity index (χ3n) is 6.89. The number of halogens is 2. The number of hydrogen-bond acceptors (Lipinski definition) is 6. The summed E-state index contributed by atoms with van der Waals surface area (Å²) < 4.78 is 31.3. The predicted molar refractivity (Wildman–Crippen MR) is 149 cm³/mol. The van der Waals surface area contributed by atoms with Crippen molar-refractivity contribution in [2.45, 2.75) is 55.5 Å². The molecule has 0 radical (unpaired) electrons. The second kappa shape index (κ2) is 12.3. The lowest BCUT2D eigenvalue weighted by Crippen LogP contribution is -2.42. The quantitative estimate of drug-likeness (QED) is 0.351. The summed E-state index contributed by atoms with van der Waals surface area (Å²) >= 11 is 12.3. The maximum Gasteiger partial charge on any atom is 0.241 e. The fourth-order valence-electron chi connectivity index (χ4n) is 5.12. The number of benzene rings is 2. The molecule has 12 heteroatoms. The molecular weight excluding hydrogens is 549 g/mol. The Hall–Kier alpha value is -2.21. The fourth-order valence-corrected chi connectivity index (χ4v) is 6.94. The number of rotatable bonds is 10. The van der Waals surface area contributed by atoms with E-state index in [4.69, 9.17) is 43.8 Å². The molecule has 1 aliphatic rings. The Kier molecular flexibility index (Phi) is 9.33. The molecule has 0 unspecified atom stereocenters. The van der Waals surface area contributed by atoms with Crippen LogP contribution in [0.3, 0.4) is 0 Å². The number of nitrogens with zero attached hydrogens (tertiary/aromatic N) is 3. The number of primary sulfonamides is 1. The molecule has 0 aliphatic carbocycles. The van der Waals surface area contributed by atoms with Crippen molar-refractivity contribution in [3.05, 3.63) is 57.8 Å². The van der Waals surface area contributed by atoms with Gasteiger partial charge in [-0.05, 0) is 49.4 Å². The molecule has 2 atom stereocenters. The summed E-state index contributed by atoms with van der Waals surface area (Å²) in [6.45, 7) is 2.68. The number of carbonyl (C=O) groups is 1. The molecule has 0 bridgehead atoms. The Morgan fingerprint density at radius 3 is 2.74 bits per heavy atom. The highest BCUT2D eigenvalue weighted by Gasteiger charge is 2.29. The van der Waals surface area contributed by atoms with Crippen LogP contribution in [0.25, 0.3) is 11.0 Å². The van der Waals surface area contributed by atoms with Gasteiger partial charge in [0.05, 0.1) is 21.1 Å². The number of carbonyl (C=O) groups excluding carboxylic acids is 1. The molecule has 2 aromatic carbocycles. The number of imidazole rings is 1. The number of nitrogens with two attached hydrogens (primary N) is 2. The van der Waals surface area contributed by atoms with E-state index in [-0.39, 0.29) is 39.6 Å². The lowest BCUT2D eigenvalue weighted by Gasteiger charge is -2.33. The lowest BCUT2D eigenvalue weighted by molar-refractivity contribution is -0.132. The van der Waals surface area contributed by atoms with Crippen molar-refractivity contribution in [2.24, 2.45) is 10.9 Å². The largest absolute Gasteiger partial charge is 0.385 e. The lowest BCUT2D eigenvalue weighted by atomic mass is 9.96. The minimum atomic E-state index is -4.11. The van der Waals surface area contributed by atoms with Gasteiger partial charge in [-0.3, -0.25) is 4.79 Å². The summed E-state index contributed by atoms with van der Waals surface area (Å²) in [6.07, 6.45) is 2.99. The highest BCUT2D eigenvalue weighted by atomic mass is 35.5. The van der Waals surface area contributed by atoms with Gasteiger partial charge in [-0.1, -0.05) is 41.4 Å². The first-order valence-corrected chi connectivity index (χ1v) is 14.9. The average Bonchev–Trinajstić information content (AvgIpc) is 3.24. The summed E-state index contributed by atoms with van der Waals surface area (Å²) in [5, 5.41) is 5.15. The van der Waals surface area contributed by atoms with Crippen LogP contribution >= 0.6 is 23.2 Å². The van der Waals surface area contributed by atoms with Gasteiger partial charge < -0.3 is 19.9 Å². The highest BCUT2D eigenvalue weighted by molar-refractivity contribution is 7.89. The number of ether oxygens (including phenoxy) is 1. The Bertz CT molecular complexity index is 1410. The number of sulfonamides is 1. The fraction of sp³-hybridized carbons (Fsp3) is 0.462. The summed E-state index contributed by atoms with van der Waals surface area (Å²) in [4.78, 5) is 19.7. The molecule has 0 spiro atoms. The molecule has 1 aromatic heterocycles. The molecule has 206 valence electrons. The zero-order valence-corrected chi connectivity index (χ0v) is 23.6. The zero-order valence-electron chi connectivity index (χ0n) is 21.3. The van der Waals surface area contributed by atoms with Gasteiger partial charge in [0.15, 0.2) is 0 Å². The Balaban J connectivity index is 1.46. The smallest absolute Gasteiger partial charge is 0.241 e. The number of aryl methyl sites for hydroxylation is 1. The van der Waals surface area contributed by atoms with Gasteiger partial charge in [-0.25, -0.2) is 18.5 Å². The molecule has 1 saturated heterocycles. The number of methoxy groups -OCH3 is 1. The summed E-state index contributed by atoms with van der Waals surface area (Å²) in [6, 6.07) is 10.5. The van der Waals surface area contributed by atoms with Crippen molar-refractivity contribution < 1.29 is 17.9 Å². The van der Waals surface area contributed by atoms with Crippen LogP contribution in [0, 0.1) is 0 Å². The molecule has 0 saturated carbocycles. The maximum atomic E-state index is 13.2. The van der Waals surface area contributed by atoms with E-state index in [0.717, 1.165) is 42.7 Å². The first-order valence-electron chi connectivity index (χ1n) is 12.6. The number of aromatic nitrogens is 2. The Labute approximate surface area is 233 Å². The second-order valence-corrected chi connectivity index (χ2v) is 12.0. The number of fused-ring (bicyclic) bond motifs is 1. The molecular formula is C26H33Cl2N5O4S.